The normalized spacial score (nSPS) is 16.8. The average Bonchev–Trinajstić information content (AvgIpc) is 2.83. The molecule has 3 aromatic rings. The Morgan fingerprint density at radius 3 is 2.35 bits per heavy atom. The summed E-state index contributed by atoms with van der Waals surface area (Å²) < 4.78 is 59.8. The van der Waals surface area contributed by atoms with E-state index in [1.807, 2.05) is 0 Å². The summed E-state index contributed by atoms with van der Waals surface area (Å²) in [7, 11) is -3.97. The maximum absolute atomic E-state index is 13.3. The number of benzene rings is 2. The molecule has 1 aliphatic heterocycles. The summed E-state index contributed by atoms with van der Waals surface area (Å²) in [5.41, 5.74) is -0.124. The first-order chi connectivity index (χ1) is 16.3. The van der Waals surface area contributed by atoms with E-state index in [0.29, 0.717) is 18.6 Å². The Bertz CT molecular complexity index is 1280. The molecular formula is C23H21F2N3O5S. The number of carboxylic acid groups (broad SMARTS) is 1. The standard InChI is InChI=1S/C23H21F2N3O5S/c24-15-4-8-17(9-5-15)33-14-20-19(23(29)30)13-26-22(27-20)21-3-1-2-12-28(21)34(31,32)18-10-6-16(25)7-11-18/h4-11,13,21H,1-3,12,14H2,(H,29,30)/t21-/m1/s1. The van der Waals surface area contributed by atoms with E-state index >= 15 is 0 Å². The summed E-state index contributed by atoms with van der Waals surface area (Å²) in [4.78, 5) is 20.2. The van der Waals surface area contributed by atoms with Crippen molar-refractivity contribution in [2.75, 3.05) is 6.54 Å². The molecule has 8 nitrogen and oxygen atoms in total. The van der Waals surface area contributed by atoms with Crippen LogP contribution in [0, 0.1) is 11.6 Å². The quantitative estimate of drug-likeness (QED) is 0.535. The van der Waals surface area contributed by atoms with Crippen LogP contribution >= 0.6 is 0 Å². The molecule has 0 saturated carbocycles. The summed E-state index contributed by atoms with van der Waals surface area (Å²) >= 11 is 0. The first-order valence-electron chi connectivity index (χ1n) is 10.5. The number of halogens is 2. The number of aromatic nitrogens is 2. The van der Waals surface area contributed by atoms with Gasteiger partial charge in [-0.3, -0.25) is 0 Å². The summed E-state index contributed by atoms with van der Waals surface area (Å²) in [5.74, 6) is -1.79. The van der Waals surface area contributed by atoms with Crippen LogP contribution in [0.1, 0.15) is 47.2 Å². The van der Waals surface area contributed by atoms with E-state index in [-0.39, 0.29) is 35.1 Å². The highest BCUT2D eigenvalue weighted by molar-refractivity contribution is 7.89. The minimum absolute atomic E-state index is 0.0529. The van der Waals surface area contributed by atoms with Crippen LogP contribution in [0.4, 0.5) is 8.78 Å². The minimum Gasteiger partial charge on any atom is -0.487 e. The molecule has 2 aromatic carbocycles. The van der Waals surface area contributed by atoms with Gasteiger partial charge in [-0.25, -0.2) is 32.0 Å². The second-order valence-corrected chi connectivity index (χ2v) is 9.61. The fourth-order valence-electron chi connectivity index (χ4n) is 3.76. The van der Waals surface area contributed by atoms with Crippen LogP contribution in [0.25, 0.3) is 0 Å². The van der Waals surface area contributed by atoms with Crippen molar-refractivity contribution in [2.45, 2.75) is 36.8 Å². The van der Waals surface area contributed by atoms with Crippen LogP contribution in [0.15, 0.2) is 59.6 Å². The second-order valence-electron chi connectivity index (χ2n) is 7.72. The van der Waals surface area contributed by atoms with Gasteiger partial charge in [-0.1, -0.05) is 6.42 Å². The molecule has 2 heterocycles. The second kappa shape index (κ2) is 9.82. The largest absolute Gasteiger partial charge is 0.487 e. The molecule has 1 N–H and O–H groups in total. The maximum atomic E-state index is 13.3. The Kier molecular flexibility index (Phi) is 6.85. The fourth-order valence-corrected chi connectivity index (χ4v) is 5.41. The third-order valence-corrected chi connectivity index (χ3v) is 7.40. The van der Waals surface area contributed by atoms with Gasteiger partial charge in [0.1, 0.15) is 35.4 Å². The van der Waals surface area contributed by atoms with Gasteiger partial charge in [-0.05, 0) is 61.4 Å². The van der Waals surface area contributed by atoms with Crippen LogP contribution in [-0.4, -0.2) is 40.3 Å². The van der Waals surface area contributed by atoms with Crippen molar-refractivity contribution in [1.82, 2.24) is 14.3 Å². The lowest BCUT2D eigenvalue weighted by molar-refractivity contribution is 0.0692. The Hall–Kier alpha value is -3.44. The smallest absolute Gasteiger partial charge is 0.339 e. The van der Waals surface area contributed by atoms with E-state index in [9.17, 15) is 27.1 Å². The molecule has 0 radical (unpaired) electrons. The van der Waals surface area contributed by atoms with Gasteiger partial charge in [0.25, 0.3) is 0 Å². The number of carboxylic acids is 1. The van der Waals surface area contributed by atoms with Crippen LogP contribution in [-0.2, 0) is 16.6 Å². The number of nitrogens with zero attached hydrogens (tertiary/aromatic N) is 3. The van der Waals surface area contributed by atoms with Gasteiger partial charge in [0.05, 0.1) is 16.6 Å². The van der Waals surface area contributed by atoms with Crippen LogP contribution in [0.5, 0.6) is 5.75 Å². The number of rotatable bonds is 7. The topological polar surface area (TPSA) is 110 Å². The summed E-state index contributed by atoms with van der Waals surface area (Å²) in [6.07, 6.45) is 2.92. The zero-order valence-electron chi connectivity index (χ0n) is 17.9. The summed E-state index contributed by atoms with van der Waals surface area (Å²) in [6.45, 7) is -0.0178. The first-order valence-corrected chi connectivity index (χ1v) is 11.9. The van der Waals surface area contributed by atoms with Gasteiger partial charge in [0.2, 0.25) is 10.0 Å². The fraction of sp³-hybridized carbons (Fsp3) is 0.261. The van der Waals surface area contributed by atoms with Crippen molar-refractivity contribution in [2.24, 2.45) is 0 Å². The molecule has 1 aliphatic rings. The lowest BCUT2D eigenvalue weighted by atomic mass is 10.0. The number of hydrogen-bond donors (Lipinski definition) is 1. The van der Waals surface area contributed by atoms with Crippen molar-refractivity contribution in [3.63, 3.8) is 0 Å². The molecule has 11 heteroatoms. The molecule has 1 aromatic heterocycles. The van der Waals surface area contributed by atoms with Gasteiger partial charge in [-0.2, -0.15) is 4.31 Å². The third kappa shape index (κ3) is 5.05. The maximum Gasteiger partial charge on any atom is 0.339 e. The Balaban J connectivity index is 1.65. The van der Waals surface area contributed by atoms with E-state index in [4.69, 9.17) is 4.74 Å². The molecule has 0 bridgehead atoms. The molecule has 0 amide bonds. The van der Waals surface area contributed by atoms with Crippen molar-refractivity contribution >= 4 is 16.0 Å². The van der Waals surface area contributed by atoms with Gasteiger partial charge in [0.15, 0.2) is 0 Å². The molecular weight excluding hydrogens is 468 g/mol. The highest BCUT2D eigenvalue weighted by Crippen LogP contribution is 2.34. The van der Waals surface area contributed by atoms with E-state index in [0.717, 1.165) is 24.8 Å². The van der Waals surface area contributed by atoms with Crippen molar-refractivity contribution in [1.29, 1.82) is 0 Å². The number of sulfonamides is 1. The molecule has 1 atom stereocenters. The highest BCUT2D eigenvalue weighted by Gasteiger charge is 2.36. The monoisotopic (exact) mass is 489 g/mol. The highest BCUT2D eigenvalue weighted by atomic mass is 32.2. The Morgan fingerprint density at radius 1 is 1.06 bits per heavy atom. The zero-order chi connectivity index (χ0) is 24.3. The number of piperidine rings is 1. The van der Waals surface area contributed by atoms with Crippen molar-refractivity contribution in [3.8, 4) is 5.75 Å². The SMILES string of the molecule is O=C(O)c1cnc([C@H]2CCCCN2S(=O)(=O)c2ccc(F)cc2)nc1COc1ccc(F)cc1. The number of ether oxygens (including phenoxy) is 1. The van der Waals surface area contributed by atoms with E-state index in [1.165, 1.54) is 40.7 Å². The molecule has 1 fully saturated rings. The van der Waals surface area contributed by atoms with Gasteiger partial charge >= 0.3 is 5.97 Å². The van der Waals surface area contributed by atoms with Crippen LogP contribution in [0.2, 0.25) is 0 Å². The molecule has 4 rings (SSSR count). The van der Waals surface area contributed by atoms with Gasteiger partial charge < -0.3 is 9.84 Å². The average molecular weight is 490 g/mol. The molecule has 1 saturated heterocycles. The Labute approximate surface area is 194 Å². The van der Waals surface area contributed by atoms with Gasteiger partial charge in [0, 0.05) is 12.7 Å². The van der Waals surface area contributed by atoms with Crippen LogP contribution < -0.4 is 4.74 Å². The summed E-state index contributed by atoms with van der Waals surface area (Å²) in [5, 5.41) is 9.53. The van der Waals surface area contributed by atoms with E-state index in [2.05, 4.69) is 9.97 Å². The lowest BCUT2D eigenvalue weighted by Gasteiger charge is -2.33. The predicted molar refractivity (Wildman–Crippen MR) is 117 cm³/mol. The lowest BCUT2D eigenvalue weighted by Crippen LogP contribution is -2.39. The van der Waals surface area contributed by atoms with E-state index < -0.39 is 33.7 Å². The predicted octanol–water partition coefficient (Wildman–Crippen LogP) is 3.95. The Morgan fingerprint density at radius 2 is 1.71 bits per heavy atom. The zero-order valence-corrected chi connectivity index (χ0v) is 18.7. The third-order valence-electron chi connectivity index (χ3n) is 5.48. The first kappa shape index (κ1) is 23.7. The van der Waals surface area contributed by atoms with Crippen molar-refractivity contribution in [3.05, 3.63) is 83.4 Å². The minimum atomic E-state index is -3.97. The number of carbonyl (C=O) groups is 1. The van der Waals surface area contributed by atoms with E-state index in [1.54, 1.807) is 0 Å². The molecule has 0 spiro atoms. The molecule has 0 aliphatic carbocycles. The number of hydrogen-bond acceptors (Lipinski definition) is 6. The molecule has 178 valence electrons. The van der Waals surface area contributed by atoms with Gasteiger partial charge in [-0.15, -0.1) is 0 Å². The number of aromatic carboxylic acids is 1. The molecule has 34 heavy (non-hydrogen) atoms. The van der Waals surface area contributed by atoms with Crippen molar-refractivity contribution < 1.29 is 31.8 Å². The molecule has 0 unspecified atom stereocenters. The summed E-state index contributed by atoms with van der Waals surface area (Å²) in [6, 6.07) is 9.05. The van der Waals surface area contributed by atoms with Crippen LogP contribution in [0.3, 0.4) is 0 Å².